The van der Waals surface area contributed by atoms with Gasteiger partial charge in [-0.1, -0.05) is 0 Å². The van der Waals surface area contributed by atoms with Crippen molar-refractivity contribution in [2.75, 3.05) is 0 Å². The first kappa shape index (κ1) is 8.36. The third-order valence-electron chi connectivity index (χ3n) is 0.754. The van der Waals surface area contributed by atoms with Gasteiger partial charge in [0, 0.05) is 0 Å². The lowest BCUT2D eigenvalue weighted by atomic mass is 10.5. The monoisotopic (exact) mass is 154 g/mol. The van der Waals surface area contributed by atoms with Gasteiger partial charge in [-0.15, -0.1) is 12.4 Å². The van der Waals surface area contributed by atoms with Gasteiger partial charge in [0.15, 0.2) is 0 Å². The van der Waals surface area contributed by atoms with Crippen LogP contribution in [0.4, 0.5) is 8.78 Å². The van der Waals surface area contributed by atoms with E-state index in [4.69, 9.17) is 0 Å². The number of hydrogen-bond acceptors (Lipinski definition) is 1. The first-order valence-corrected chi connectivity index (χ1v) is 2.07. The Morgan fingerprint density at radius 2 is 2.22 bits per heavy atom. The van der Waals surface area contributed by atoms with Gasteiger partial charge >= 0.3 is 0 Å². The van der Waals surface area contributed by atoms with Crippen molar-refractivity contribution >= 4 is 12.4 Å². The van der Waals surface area contributed by atoms with E-state index < -0.39 is 6.43 Å². The van der Waals surface area contributed by atoms with Crippen LogP contribution in [0.3, 0.4) is 0 Å². The Morgan fingerprint density at radius 1 is 1.56 bits per heavy atom. The molecule has 1 aromatic rings. The van der Waals surface area contributed by atoms with Crippen LogP contribution in [0.2, 0.25) is 0 Å². The third-order valence-corrected chi connectivity index (χ3v) is 0.754. The number of hydrogen-bond donors (Lipinski definition) is 1. The highest BCUT2D eigenvalue weighted by Crippen LogP contribution is 2.13. The lowest BCUT2D eigenvalue weighted by Crippen LogP contribution is -1.79. The molecule has 0 aliphatic rings. The van der Waals surface area contributed by atoms with E-state index in [1.807, 2.05) is 0 Å². The Bertz CT molecular complexity index is 152. The Labute approximate surface area is 56.7 Å². The number of aromatic amines is 1. The fraction of sp³-hybridized carbons (Fsp3) is 0.250. The molecule has 1 aromatic heterocycles. The molecule has 1 heterocycles. The maximum atomic E-state index is 11.5. The minimum atomic E-state index is -2.43. The Balaban J connectivity index is 0.000000640. The van der Waals surface area contributed by atoms with E-state index in [2.05, 4.69) is 9.97 Å². The van der Waals surface area contributed by atoms with E-state index in [1.165, 1.54) is 6.33 Å². The second kappa shape index (κ2) is 3.40. The summed E-state index contributed by atoms with van der Waals surface area (Å²) in [5, 5.41) is 0. The van der Waals surface area contributed by atoms with Crippen LogP contribution in [-0.2, 0) is 0 Å². The Kier molecular flexibility index (Phi) is 3.16. The minimum Gasteiger partial charge on any atom is -0.344 e. The van der Waals surface area contributed by atoms with E-state index in [-0.39, 0.29) is 18.1 Å². The molecule has 0 aromatic carbocycles. The SMILES string of the molecule is Cl.FC(F)c1cnc[nH]1. The number of nitrogens with one attached hydrogen (secondary N) is 1. The number of nitrogens with zero attached hydrogens (tertiary/aromatic N) is 1. The standard InChI is InChI=1S/C4H4F2N2.ClH/c5-4(6)3-1-7-2-8-3;/h1-2,4H,(H,7,8);1H. The molecule has 52 valence electrons. The van der Waals surface area contributed by atoms with Gasteiger partial charge in [-0.25, -0.2) is 13.8 Å². The lowest BCUT2D eigenvalue weighted by molar-refractivity contribution is 0.146. The van der Waals surface area contributed by atoms with Gasteiger partial charge in [-0.05, 0) is 0 Å². The topological polar surface area (TPSA) is 28.7 Å². The molecule has 0 atom stereocenters. The first-order chi connectivity index (χ1) is 3.80. The molecule has 0 bridgehead atoms. The van der Waals surface area contributed by atoms with Crippen LogP contribution >= 0.6 is 12.4 Å². The molecule has 1 N–H and O–H groups in total. The number of aromatic nitrogens is 2. The largest absolute Gasteiger partial charge is 0.344 e. The highest BCUT2D eigenvalue weighted by atomic mass is 35.5. The quantitative estimate of drug-likeness (QED) is 0.656. The molecule has 5 heteroatoms. The summed E-state index contributed by atoms with van der Waals surface area (Å²) < 4.78 is 23.1. The van der Waals surface area contributed by atoms with E-state index in [9.17, 15) is 8.78 Å². The summed E-state index contributed by atoms with van der Waals surface area (Å²) in [6.07, 6.45) is -0.107. The van der Waals surface area contributed by atoms with Crippen molar-refractivity contribution < 1.29 is 8.78 Å². The summed E-state index contributed by atoms with van der Waals surface area (Å²) in [7, 11) is 0. The molecule has 0 unspecified atom stereocenters. The average molecular weight is 155 g/mol. The van der Waals surface area contributed by atoms with Crippen molar-refractivity contribution in [3.05, 3.63) is 18.2 Å². The van der Waals surface area contributed by atoms with Gasteiger partial charge in [0.25, 0.3) is 6.43 Å². The highest BCUT2D eigenvalue weighted by molar-refractivity contribution is 5.85. The van der Waals surface area contributed by atoms with Gasteiger partial charge in [0.1, 0.15) is 5.69 Å². The summed E-state index contributed by atoms with van der Waals surface area (Å²) in [6.45, 7) is 0. The molecule has 1 rings (SSSR count). The highest BCUT2D eigenvalue weighted by Gasteiger charge is 2.05. The Morgan fingerprint density at radius 3 is 2.44 bits per heavy atom. The summed E-state index contributed by atoms with van der Waals surface area (Å²) in [4.78, 5) is 5.68. The zero-order chi connectivity index (χ0) is 5.98. The van der Waals surface area contributed by atoms with E-state index in [1.54, 1.807) is 0 Å². The molecule has 0 saturated carbocycles. The number of halogens is 3. The molecular formula is C4H5ClF2N2. The molecule has 0 spiro atoms. The molecule has 0 saturated heterocycles. The lowest BCUT2D eigenvalue weighted by Gasteiger charge is -1.87. The normalized spacial score (nSPS) is 9.22. The zero-order valence-corrected chi connectivity index (χ0v) is 5.16. The number of H-pyrrole nitrogens is 1. The van der Waals surface area contributed by atoms with Crippen LogP contribution in [0.15, 0.2) is 12.5 Å². The molecule has 0 radical (unpaired) electrons. The summed E-state index contributed by atoms with van der Waals surface area (Å²) in [5.74, 6) is 0. The van der Waals surface area contributed by atoms with Gasteiger partial charge in [-0.3, -0.25) is 0 Å². The van der Waals surface area contributed by atoms with E-state index in [0.717, 1.165) is 6.20 Å². The third kappa shape index (κ3) is 1.97. The van der Waals surface area contributed by atoms with Crippen molar-refractivity contribution in [3.8, 4) is 0 Å². The predicted molar refractivity (Wildman–Crippen MR) is 30.8 cm³/mol. The molecule has 0 aliphatic heterocycles. The smallest absolute Gasteiger partial charge is 0.279 e. The van der Waals surface area contributed by atoms with Crippen LogP contribution in [0.5, 0.6) is 0 Å². The molecule has 9 heavy (non-hydrogen) atoms. The predicted octanol–water partition coefficient (Wildman–Crippen LogP) is 1.77. The first-order valence-electron chi connectivity index (χ1n) is 2.07. The van der Waals surface area contributed by atoms with Gasteiger partial charge < -0.3 is 4.98 Å². The van der Waals surface area contributed by atoms with Crippen LogP contribution in [0.1, 0.15) is 12.1 Å². The summed E-state index contributed by atoms with van der Waals surface area (Å²) in [5.41, 5.74) is -0.134. The second-order valence-corrected chi connectivity index (χ2v) is 1.31. The number of rotatable bonds is 1. The molecular weight excluding hydrogens is 150 g/mol. The number of imidazole rings is 1. The fourth-order valence-corrected chi connectivity index (χ4v) is 0.386. The van der Waals surface area contributed by atoms with Crippen LogP contribution in [0, 0.1) is 0 Å². The van der Waals surface area contributed by atoms with Crippen molar-refractivity contribution in [2.24, 2.45) is 0 Å². The molecule has 0 fully saturated rings. The van der Waals surface area contributed by atoms with Crippen molar-refractivity contribution in [3.63, 3.8) is 0 Å². The summed E-state index contributed by atoms with van der Waals surface area (Å²) >= 11 is 0. The van der Waals surface area contributed by atoms with Crippen molar-refractivity contribution in [1.82, 2.24) is 9.97 Å². The van der Waals surface area contributed by atoms with Crippen LogP contribution < -0.4 is 0 Å². The fourth-order valence-electron chi connectivity index (χ4n) is 0.386. The van der Waals surface area contributed by atoms with Crippen LogP contribution in [-0.4, -0.2) is 9.97 Å². The van der Waals surface area contributed by atoms with Crippen LogP contribution in [0.25, 0.3) is 0 Å². The van der Waals surface area contributed by atoms with Gasteiger partial charge in [0.05, 0.1) is 12.5 Å². The second-order valence-electron chi connectivity index (χ2n) is 1.31. The molecule has 0 aliphatic carbocycles. The summed E-state index contributed by atoms with van der Waals surface area (Å²) in [6, 6.07) is 0. The minimum absolute atomic E-state index is 0. The average Bonchev–Trinajstić information content (AvgIpc) is 2.12. The number of alkyl halides is 2. The zero-order valence-electron chi connectivity index (χ0n) is 4.34. The van der Waals surface area contributed by atoms with Crippen molar-refractivity contribution in [1.29, 1.82) is 0 Å². The molecule has 0 amide bonds. The Hall–Kier alpha value is -0.640. The maximum Gasteiger partial charge on any atom is 0.279 e. The molecule has 2 nitrogen and oxygen atoms in total. The van der Waals surface area contributed by atoms with E-state index in [0.29, 0.717) is 0 Å². The maximum absolute atomic E-state index is 11.5. The van der Waals surface area contributed by atoms with E-state index >= 15 is 0 Å². The van der Waals surface area contributed by atoms with Gasteiger partial charge in [0.2, 0.25) is 0 Å². The van der Waals surface area contributed by atoms with Gasteiger partial charge in [-0.2, -0.15) is 0 Å². The van der Waals surface area contributed by atoms with Crippen molar-refractivity contribution in [2.45, 2.75) is 6.43 Å².